The van der Waals surface area contributed by atoms with Gasteiger partial charge in [-0.2, -0.15) is 0 Å². The Morgan fingerprint density at radius 1 is 0.963 bits per heavy atom. The largest absolute Gasteiger partial charge is 0.481 e. The number of rotatable bonds is 5. The van der Waals surface area contributed by atoms with E-state index in [9.17, 15) is 4.79 Å². The molecule has 2 aromatic carbocycles. The lowest BCUT2D eigenvalue weighted by Crippen LogP contribution is -2.30. The maximum absolute atomic E-state index is 12.5. The Morgan fingerprint density at radius 2 is 1.63 bits per heavy atom. The predicted molar refractivity (Wildman–Crippen MR) is 104 cm³/mol. The molecule has 0 saturated carbocycles. The van der Waals surface area contributed by atoms with Crippen LogP contribution in [0.1, 0.15) is 29.2 Å². The smallest absolute Gasteiger partial charge is 0.266 e. The Kier molecular flexibility index (Phi) is 5.26. The molecular formula is C21H23N3O3. The van der Waals surface area contributed by atoms with E-state index in [4.69, 9.17) is 9.37 Å². The van der Waals surface area contributed by atoms with E-state index in [1.165, 1.54) is 11.1 Å². The fourth-order valence-electron chi connectivity index (χ4n) is 2.61. The highest BCUT2D eigenvalue weighted by Crippen LogP contribution is 2.26. The van der Waals surface area contributed by atoms with Crippen LogP contribution in [0.3, 0.4) is 0 Å². The highest BCUT2D eigenvalue weighted by molar-refractivity contribution is 5.96. The van der Waals surface area contributed by atoms with Gasteiger partial charge in [-0.05, 0) is 85.4 Å². The Morgan fingerprint density at radius 3 is 2.30 bits per heavy atom. The lowest BCUT2D eigenvalue weighted by Gasteiger charge is -2.15. The SMILES string of the molecule is Cc1ccc(O[C@@H](C)C(=O)Nc2nonc2-c2ccc(C)c(C)c2)cc1C. The zero-order valence-corrected chi connectivity index (χ0v) is 16.2. The van der Waals surface area contributed by atoms with Crippen molar-refractivity contribution in [2.45, 2.75) is 40.7 Å². The first kappa shape index (κ1) is 18.6. The number of benzene rings is 2. The summed E-state index contributed by atoms with van der Waals surface area (Å²) in [5, 5.41) is 10.5. The molecular weight excluding hydrogens is 342 g/mol. The van der Waals surface area contributed by atoms with Gasteiger partial charge in [-0.3, -0.25) is 4.79 Å². The van der Waals surface area contributed by atoms with E-state index >= 15 is 0 Å². The Bertz CT molecular complexity index is 979. The van der Waals surface area contributed by atoms with Crippen molar-refractivity contribution in [3.8, 4) is 17.0 Å². The van der Waals surface area contributed by atoms with Crippen LogP contribution in [0.4, 0.5) is 5.82 Å². The van der Waals surface area contributed by atoms with E-state index < -0.39 is 6.10 Å². The van der Waals surface area contributed by atoms with Crippen molar-refractivity contribution in [1.29, 1.82) is 0 Å². The summed E-state index contributed by atoms with van der Waals surface area (Å²) < 4.78 is 10.6. The van der Waals surface area contributed by atoms with Crippen molar-refractivity contribution in [1.82, 2.24) is 10.3 Å². The van der Waals surface area contributed by atoms with Crippen molar-refractivity contribution in [2.75, 3.05) is 5.32 Å². The number of hydrogen-bond acceptors (Lipinski definition) is 5. The van der Waals surface area contributed by atoms with E-state index in [0.29, 0.717) is 11.4 Å². The minimum atomic E-state index is -0.698. The zero-order chi connectivity index (χ0) is 19.6. The molecule has 6 nitrogen and oxygen atoms in total. The first-order valence-corrected chi connectivity index (χ1v) is 8.80. The van der Waals surface area contributed by atoms with Gasteiger partial charge in [0.15, 0.2) is 11.8 Å². The van der Waals surface area contributed by atoms with E-state index in [1.807, 2.05) is 64.1 Å². The molecule has 6 heteroatoms. The molecule has 0 saturated heterocycles. The number of anilines is 1. The molecule has 140 valence electrons. The first-order chi connectivity index (χ1) is 12.8. The number of aryl methyl sites for hydroxylation is 4. The van der Waals surface area contributed by atoms with Crippen LogP contribution >= 0.6 is 0 Å². The van der Waals surface area contributed by atoms with E-state index in [-0.39, 0.29) is 11.7 Å². The van der Waals surface area contributed by atoms with Gasteiger partial charge < -0.3 is 10.1 Å². The van der Waals surface area contributed by atoms with Gasteiger partial charge in [-0.25, -0.2) is 4.63 Å². The third-order valence-electron chi connectivity index (χ3n) is 4.67. The number of carbonyl (C=O) groups is 1. The number of ether oxygens (including phenoxy) is 1. The minimum absolute atomic E-state index is 0.277. The van der Waals surface area contributed by atoms with Gasteiger partial charge >= 0.3 is 0 Å². The number of nitrogens with one attached hydrogen (secondary N) is 1. The number of aromatic nitrogens is 2. The Labute approximate surface area is 158 Å². The molecule has 1 amide bonds. The van der Waals surface area contributed by atoms with Crippen molar-refractivity contribution in [2.24, 2.45) is 0 Å². The number of hydrogen-bond donors (Lipinski definition) is 1. The topological polar surface area (TPSA) is 77.2 Å². The second-order valence-electron chi connectivity index (χ2n) is 6.76. The molecule has 27 heavy (non-hydrogen) atoms. The quantitative estimate of drug-likeness (QED) is 0.726. The summed E-state index contributed by atoms with van der Waals surface area (Å²) in [6.45, 7) is 9.78. The normalized spacial score (nSPS) is 11.9. The molecule has 0 aliphatic heterocycles. The molecule has 3 rings (SSSR count). The molecule has 0 fully saturated rings. The van der Waals surface area contributed by atoms with Gasteiger partial charge in [0.25, 0.3) is 5.91 Å². The average molecular weight is 365 g/mol. The molecule has 0 bridgehead atoms. The summed E-state index contributed by atoms with van der Waals surface area (Å²) in [4.78, 5) is 12.5. The molecule has 0 aliphatic rings. The van der Waals surface area contributed by atoms with Gasteiger partial charge in [0.2, 0.25) is 5.82 Å². The van der Waals surface area contributed by atoms with Gasteiger partial charge in [-0.1, -0.05) is 18.2 Å². The summed E-state index contributed by atoms with van der Waals surface area (Å²) in [7, 11) is 0. The lowest BCUT2D eigenvalue weighted by atomic mass is 10.0. The van der Waals surface area contributed by atoms with Crippen LogP contribution in [-0.2, 0) is 4.79 Å². The molecule has 0 spiro atoms. The van der Waals surface area contributed by atoms with Gasteiger partial charge in [0.1, 0.15) is 5.75 Å². The van der Waals surface area contributed by atoms with E-state index in [1.54, 1.807) is 6.92 Å². The van der Waals surface area contributed by atoms with Gasteiger partial charge in [0, 0.05) is 5.56 Å². The lowest BCUT2D eigenvalue weighted by molar-refractivity contribution is -0.122. The molecule has 1 aromatic heterocycles. The minimum Gasteiger partial charge on any atom is -0.481 e. The molecule has 0 unspecified atom stereocenters. The van der Waals surface area contributed by atoms with Crippen LogP contribution in [0.15, 0.2) is 41.0 Å². The average Bonchev–Trinajstić information content (AvgIpc) is 3.08. The number of carbonyl (C=O) groups excluding carboxylic acids is 1. The van der Waals surface area contributed by atoms with Crippen LogP contribution in [0, 0.1) is 27.7 Å². The van der Waals surface area contributed by atoms with Crippen molar-refractivity contribution >= 4 is 11.7 Å². The van der Waals surface area contributed by atoms with Crippen LogP contribution < -0.4 is 10.1 Å². The summed E-state index contributed by atoms with van der Waals surface area (Å²) in [5.41, 5.74) is 5.90. The molecule has 0 aliphatic carbocycles. The summed E-state index contributed by atoms with van der Waals surface area (Å²) >= 11 is 0. The monoisotopic (exact) mass is 365 g/mol. The number of nitrogens with zero attached hydrogens (tertiary/aromatic N) is 2. The predicted octanol–water partition coefficient (Wildman–Crippen LogP) is 4.38. The van der Waals surface area contributed by atoms with Crippen molar-refractivity contribution in [3.05, 3.63) is 58.7 Å². The maximum Gasteiger partial charge on any atom is 0.266 e. The van der Waals surface area contributed by atoms with Gasteiger partial charge in [-0.15, -0.1) is 0 Å². The van der Waals surface area contributed by atoms with Crippen LogP contribution in [0.2, 0.25) is 0 Å². The molecule has 3 aromatic rings. The fourth-order valence-corrected chi connectivity index (χ4v) is 2.61. The highest BCUT2D eigenvalue weighted by Gasteiger charge is 2.20. The van der Waals surface area contributed by atoms with Crippen LogP contribution in [-0.4, -0.2) is 22.3 Å². The molecule has 1 heterocycles. The summed E-state index contributed by atoms with van der Waals surface area (Å²) in [6, 6.07) is 11.6. The molecule has 0 radical (unpaired) electrons. The van der Waals surface area contributed by atoms with Crippen LogP contribution in [0.5, 0.6) is 5.75 Å². The van der Waals surface area contributed by atoms with Crippen LogP contribution in [0.25, 0.3) is 11.3 Å². The van der Waals surface area contributed by atoms with Crippen molar-refractivity contribution < 1.29 is 14.2 Å². The summed E-state index contributed by atoms with van der Waals surface area (Å²) in [5.74, 6) is 0.598. The maximum atomic E-state index is 12.5. The van der Waals surface area contributed by atoms with E-state index in [2.05, 4.69) is 15.6 Å². The third-order valence-corrected chi connectivity index (χ3v) is 4.67. The second kappa shape index (κ2) is 7.61. The first-order valence-electron chi connectivity index (χ1n) is 8.80. The molecule has 1 atom stereocenters. The molecule has 1 N–H and O–H groups in total. The fraction of sp³-hybridized carbons (Fsp3) is 0.286. The number of amides is 1. The van der Waals surface area contributed by atoms with Gasteiger partial charge in [0.05, 0.1) is 0 Å². The van der Waals surface area contributed by atoms with E-state index in [0.717, 1.165) is 16.7 Å². The van der Waals surface area contributed by atoms with Crippen molar-refractivity contribution in [3.63, 3.8) is 0 Å². The summed E-state index contributed by atoms with van der Waals surface area (Å²) in [6.07, 6.45) is -0.698. The Balaban J connectivity index is 1.73. The Hall–Kier alpha value is -3.15. The highest BCUT2D eigenvalue weighted by atomic mass is 16.6. The second-order valence-corrected chi connectivity index (χ2v) is 6.76. The third kappa shape index (κ3) is 4.16. The zero-order valence-electron chi connectivity index (χ0n) is 16.2. The standard InChI is InChI=1S/C21H23N3O3/c1-12-6-8-17(10-14(12)3)19-20(24-27-23-19)22-21(25)16(5)26-18-9-7-13(2)15(4)11-18/h6-11,16H,1-5H3,(H,22,24,25)/t16-/m0/s1.